The number of benzene rings is 1. The van der Waals surface area contributed by atoms with Crippen molar-refractivity contribution in [2.24, 2.45) is 11.7 Å². The summed E-state index contributed by atoms with van der Waals surface area (Å²) in [6, 6.07) is 8.20. The Bertz CT molecular complexity index is 488. The molecule has 0 bridgehead atoms. The number of amides is 1. The zero-order valence-corrected chi connectivity index (χ0v) is 14.4. The standard InChI is InChI=1S/C17H26N2O2.ClH/c1-17(2,13-5-8-15(21-3)9-6-13)11-19-16(20)12-4-7-14(18)10-12;/h5-6,8-9,12,14H,4,7,10-11,18H2,1-3H3,(H,19,20);1H. The first kappa shape index (κ1) is 18.8. The first-order valence-electron chi connectivity index (χ1n) is 7.60. The van der Waals surface area contributed by atoms with Crippen LogP contribution in [0.1, 0.15) is 38.7 Å². The fraction of sp³-hybridized carbons (Fsp3) is 0.588. The third-order valence-electron chi connectivity index (χ3n) is 4.42. The summed E-state index contributed by atoms with van der Waals surface area (Å²) >= 11 is 0. The summed E-state index contributed by atoms with van der Waals surface area (Å²) in [6.07, 6.45) is 2.69. The summed E-state index contributed by atoms with van der Waals surface area (Å²) in [7, 11) is 1.66. The molecule has 1 aromatic rings. The van der Waals surface area contributed by atoms with E-state index in [1.165, 1.54) is 5.56 Å². The first-order chi connectivity index (χ1) is 9.92. The highest BCUT2D eigenvalue weighted by atomic mass is 35.5. The molecule has 1 aliphatic carbocycles. The number of hydrogen-bond donors (Lipinski definition) is 2. The number of ether oxygens (including phenoxy) is 1. The average Bonchev–Trinajstić information content (AvgIpc) is 2.91. The van der Waals surface area contributed by atoms with Gasteiger partial charge in [-0.25, -0.2) is 0 Å². The molecule has 0 aliphatic heterocycles. The van der Waals surface area contributed by atoms with Crippen LogP contribution in [0.4, 0.5) is 0 Å². The van der Waals surface area contributed by atoms with Gasteiger partial charge in [0, 0.05) is 23.9 Å². The van der Waals surface area contributed by atoms with Crippen molar-refractivity contribution in [1.29, 1.82) is 0 Å². The minimum absolute atomic E-state index is 0. The molecule has 124 valence electrons. The largest absolute Gasteiger partial charge is 0.497 e. The van der Waals surface area contributed by atoms with E-state index in [1.54, 1.807) is 7.11 Å². The summed E-state index contributed by atoms with van der Waals surface area (Å²) in [5, 5.41) is 3.09. The summed E-state index contributed by atoms with van der Waals surface area (Å²) < 4.78 is 5.18. The Balaban J connectivity index is 0.00000242. The van der Waals surface area contributed by atoms with Crippen LogP contribution in [-0.2, 0) is 10.2 Å². The smallest absolute Gasteiger partial charge is 0.223 e. The van der Waals surface area contributed by atoms with E-state index in [2.05, 4.69) is 31.3 Å². The second kappa shape index (κ2) is 7.84. The lowest BCUT2D eigenvalue weighted by molar-refractivity contribution is -0.125. The molecule has 0 heterocycles. The molecule has 2 rings (SSSR count). The first-order valence-corrected chi connectivity index (χ1v) is 7.60. The van der Waals surface area contributed by atoms with Crippen LogP contribution in [0.15, 0.2) is 24.3 Å². The third-order valence-corrected chi connectivity index (χ3v) is 4.42. The molecule has 22 heavy (non-hydrogen) atoms. The minimum Gasteiger partial charge on any atom is -0.497 e. The van der Waals surface area contributed by atoms with Crippen molar-refractivity contribution in [3.8, 4) is 5.75 Å². The van der Waals surface area contributed by atoms with Crippen molar-refractivity contribution in [2.45, 2.75) is 44.6 Å². The highest BCUT2D eigenvalue weighted by molar-refractivity contribution is 5.85. The SMILES string of the molecule is COc1ccc(C(C)(C)CNC(=O)C2CCC(N)C2)cc1.Cl. The van der Waals surface area contributed by atoms with Gasteiger partial charge in [-0.05, 0) is 37.0 Å². The molecule has 1 aromatic carbocycles. The number of hydrogen-bond acceptors (Lipinski definition) is 3. The molecule has 1 fully saturated rings. The maximum absolute atomic E-state index is 12.2. The maximum Gasteiger partial charge on any atom is 0.223 e. The quantitative estimate of drug-likeness (QED) is 0.874. The van der Waals surface area contributed by atoms with Gasteiger partial charge in [0.25, 0.3) is 0 Å². The van der Waals surface area contributed by atoms with Gasteiger partial charge in [0.1, 0.15) is 5.75 Å². The lowest BCUT2D eigenvalue weighted by atomic mass is 9.84. The van der Waals surface area contributed by atoms with Crippen molar-refractivity contribution in [3.63, 3.8) is 0 Å². The zero-order valence-electron chi connectivity index (χ0n) is 13.6. The number of halogens is 1. The normalized spacial score (nSPS) is 21.1. The fourth-order valence-corrected chi connectivity index (χ4v) is 2.85. The van der Waals surface area contributed by atoms with E-state index in [9.17, 15) is 4.79 Å². The summed E-state index contributed by atoms with van der Waals surface area (Å²) in [5.74, 6) is 1.08. The molecular formula is C17H27ClN2O2. The van der Waals surface area contributed by atoms with Gasteiger partial charge in [-0.1, -0.05) is 26.0 Å². The number of nitrogens with one attached hydrogen (secondary N) is 1. The van der Waals surface area contributed by atoms with Crippen LogP contribution in [0.2, 0.25) is 0 Å². The van der Waals surface area contributed by atoms with Gasteiger partial charge >= 0.3 is 0 Å². The predicted molar refractivity (Wildman–Crippen MR) is 91.6 cm³/mol. The van der Waals surface area contributed by atoms with Crippen molar-refractivity contribution in [2.75, 3.05) is 13.7 Å². The van der Waals surface area contributed by atoms with Crippen LogP contribution >= 0.6 is 12.4 Å². The molecular weight excluding hydrogens is 300 g/mol. The molecule has 0 spiro atoms. The highest BCUT2D eigenvalue weighted by Gasteiger charge is 2.29. The Labute approximate surface area is 139 Å². The summed E-state index contributed by atoms with van der Waals surface area (Å²) in [4.78, 5) is 12.2. The second-order valence-corrected chi connectivity index (χ2v) is 6.60. The van der Waals surface area contributed by atoms with Gasteiger partial charge < -0.3 is 15.8 Å². The molecule has 0 aromatic heterocycles. The van der Waals surface area contributed by atoms with Gasteiger partial charge in [-0.2, -0.15) is 0 Å². The Kier molecular flexibility index (Phi) is 6.69. The molecule has 0 radical (unpaired) electrons. The fourth-order valence-electron chi connectivity index (χ4n) is 2.85. The minimum atomic E-state index is -0.108. The summed E-state index contributed by atoms with van der Waals surface area (Å²) in [5.41, 5.74) is 6.95. The van der Waals surface area contributed by atoms with E-state index in [4.69, 9.17) is 10.5 Å². The van der Waals surface area contributed by atoms with Crippen LogP contribution < -0.4 is 15.8 Å². The topological polar surface area (TPSA) is 64.3 Å². The van der Waals surface area contributed by atoms with E-state index in [0.717, 1.165) is 25.0 Å². The van der Waals surface area contributed by atoms with E-state index >= 15 is 0 Å². The highest BCUT2D eigenvalue weighted by Crippen LogP contribution is 2.26. The number of rotatable bonds is 5. The van der Waals surface area contributed by atoms with E-state index in [1.807, 2.05) is 12.1 Å². The monoisotopic (exact) mass is 326 g/mol. The molecule has 1 amide bonds. The molecule has 1 aliphatic rings. The second-order valence-electron chi connectivity index (χ2n) is 6.60. The van der Waals surface area contributed by atoms with Gasteiger partial charge in [0.2, 0.25) is 5.91 Å². The third kappa shape index (κ3) is 4.62. The Morgan fingerprint density at radius 1 is 1.32 bits per heavy atom. The molecule has 2 atom stereocenters. The van der Waals surface area contributed by atoms with Gasteiger partial charge in [-0.3, -0.25) is 4.79 Å². The summed E-state index contributed by atoms with van der Waals surface area (Å²) in [6.45, 7) is 4.90. The van der Waals surface area contributed by atoms with Gasteiger partial charge in [0.05, 0.1) is 7.11 Å². The lowest BCUT2D eigenvalue weighted by Crippen LogP contribution is -2.39. The van der Waals surface area contributed by atoms with Crippen LogP contribution in [0.3, 0.4) is 0 Å². The predicted octanol–water partition coefficient (Wildman–Crippen LogP) is 2.64. The Morgan fingerprint density at radius 3 is 2.45 bits per heavy atom. The van der Waals surface area contributed by atoms with E-state index in [0.29, 0.717) is 6.54 Å². The molecule has 5 heteroatoms. The van der Waals surface area contributed by atoms with Crippen LogP contribution in [0.5, 0.6) is 5.75 Å². The molecule has 0 saturated heterocycles. The molecule has 1 saturated carbocycles. The van der Waals surface area contributed by atoms with Gasteiger partial charge in [0.15, 0.2) is 0 Å². The van der Waals surface area contributed by atoms with Crippen LogP contribution in [0.25, 0.3) is 0 Å². The number of methoxy groups -OCH3 is 1. The van der Waals surface area contributed by atoms with Crippen molar-refractivity contribution >= 4 is 18.3 Å². The Morgan fingerprint density at radius 2 is 1.95 bits per heavy atom. The van der Waals surface area contributed by atoms with Gasteiger partial charge in [-0.15, -0.1) is 12.4 Å². The Hall–Kier alpha value is -1.26. The number of nitrogens with two attached hydrogens (primary N) is 1. The molecule has 3 N–H and O–H groups in total. The van der Waals surface area contributed by atoms with Crippen LogP contribution in [-0.4, -0.2) is 25.6 Å². The molecule has 2 unspecified atom stereocenters. The van der Waals surface area contributed by atoms with E-state index < -0.39 is 0 Å². The number of carbonyl (C=O) groups excluding carboxylic acids is 1. The number of carbonyl (C=O) groups is 1. The maximum atomic E-state index is 12.2. The van der Waals surface area contributed by atoms with Crippen molar-refractivity contribution < 1.29 is 9.53 Å². The molecule has 4 nitrogen and oxygen atoms in total. The zero-order chi connectivity index (χ0) is 15.5. The van der Waals surface area contributed by atoms with Crippen molar-refractivity contribution in [1.82, 2.24) is 5.32 Å². The van der Waals surface area contributed by atoms with Crippen molar-refractivity contribution in [3.05, 3.63) is 29.8 Å². The lowest BCUT2D eigenvalue weighted by Gasteiger charge is -2.26. The van der Waals surface area contributed by atoms with Crippen LogP contribution in [0, 0.1) is 5.92 Å². The van der Waals surface area contributed by atoms with E-state index in [-0.39, 0.29) is 35.7 Å². The average molecular weight is 327 g/mol.